The lowest BCUT2D eigenvalue weighted by Gasteiger charge is -2.04. The van der Waals surface area contributed by atoms with Gasteiger partial charge in [-0.3, -0.25) is 0 Å². The molecule has 1 aromatic carbocycles. The van der Waals surface area contributed by atoms with E-state index in [1.54, 1.807) is 0 Å². The second-order valence-corrected chi connectivity index (χ2v) is 6.25. The molecular weight excluding hydrogens is 286 g/mol. The predicted molar refractivity (Wildman–Crippen MR) is 81.4 cm³/mol. The summed E-state index contributed by atoms with van der Waals surface area (Å²) in [6.45, 7) is 3.54. The van der Waals surface area contributed by atoms with Crippen molar-refractivity contribution in [3.63, 3.8) is 0 Å². The molecule has 0 bridgehead atoms. The van der Waals surface area contributed by atoms with E-state index in [0.29, 0.717) is 6.61 Å². The monoisotopic (exact) mass is 301 g/mol. The molecule has 1 aliphatic rings. The Kier molecular flexibility index (Phi) is 2.90. The summed E-state index contributed by atoms with van der Waals surface area (Å²) < 4.78 is 7.28. The smallest absolute Gasteiger partial charge is 0.234 e. The topological polar surface area (TPSA) is 78.3 Å². The molecule has 7 heteroatoms. The van der Waals surface area contributed by atoms with Gasteiger partial charge >= 0.3 is 0 Å². The van der Waals surface area contributed by atoms with E-state index < -0.39 is 0 Å². The van der Waals surface area contributed by atoms with Crippen LogP contribution in [0.3, 0.4) is 0 Å². The van der Waals surface area contributed by atoms with Gasteiger partial charge in [0, 0.05) is 23.8 Å². The van der Waals surface area contributed by atoms with Crippen LogP contribution < -0.4 is 5.73 Å². The minimum atomic E-state index is 0.289. The lowest BCUT2D eigenvalue weighted by Crippen LogP contribution is -2.04. The highest BCUT2D eigenvalue weighted by atomic mass is 32.1. The van der Waals surface area contributed by atoms with E-state index in [1.165, 1.54) is 11.3 Å². The maximum Gasteiger partial charge on any atom is 0.234 e. The minimum Gasteiger partial charge on any atom is -0.399 e. The van der Waals surface area contributed by atoms with Crippen molar-refractivity contribution in [2.45, 2.75) is 19.3 Å². The molecular formula is C14H15N5OS. The molecule has 0 aliphatic carbocycles. The average Bonchev–Trinajstić information content (AvgIpc) is 3.15. The number of hydrogen-bond acceptors (Lipinski definition) is 6. The molecule has 0 saturated carbocycles. The van der Waals surface area contributed by atoms with Gasteiger partial charge < -0.3 is 10.5 Å². The zero-order valence-electron chi connectivity index (χ0n) is 11.6. The van der Waals surface area contributed by atoms with Gasteiger partial charge in [0.05, 0.1) is 6.61 Å². The van der Waals surface area contributed by atoms with Gasteiger partial charge in [0.1, 0.15) is 5.01 Å². The lowest BCUT2D eigenvalue weighted by atomic mass is 10.1. The first-order valence-corrected chi connectivity index (χ1v) is 7.70. The second kappa shape index (κ2) is 4.78. The van der Waals surface area contributed by atoms with Gasteiger partial charge in [0.2, 0.25) is 4.96 Å². The molecule has 21 heavy (non-hydrogen) atoms. The van der Waals surface area contributed by atoms with Crippen LogP contribution in [-0.2, 0) is 4.74 Å². The summed E-state index contributed by atoms with van der Waals surface area (Å²) in [4.78, 5) is 0.814. The van der Waals surface area contributed by atoms with Crippen molar-refractivity contribution in [2.24, 2.45) is 0 Å². The molecule has 1 unspecified atom stereocenters. The summed E-state index contributed by atoms with van der Waals surface area (Å²) in [6.07, 6.45) is 0.977. The summed E-state index contributed by atoms with van der Waals surface area (Å²) in [6, 6.07) is 5.87. The number of rotatable bonds is 2. The molecule has 0 radical (unpaired) electrons. The Balaban J connectivity index is 1.82. The summed E-state index contributed by atoms with van der Waals surface area (Å²) in [7, 11) is 0. The Hall–Kier alpha value is -1.99. The van der Waals surface area contributed by atoms with Crippen molar-refractivity contribution < 1.29 is 4.74 Å². The predicted octanol–water partition coefficient (Wildman–Crippen LogP) is 2.25. The zero-order valence-corrected chi connectivity index (χ0v) is 12.4. The molecule has 4 rings (SSSR count). The van der Waals surface area contributed by atoms with Gasteiger partial charge in [-0.2, -0.15) is 9.61 Å². The Morgan fingerprint density at radius 3 is 3.10 bits per heavy atom. The highest BCUT2D eigenvalue weighted by molar-refractivity contribution is 7.19. The van der Waals surface area contributed by atoms with Gasteiger partial charge in [-0.15, -0.1) is 10.2 Å². The molecule has 1 aliphatic heterocycles. The Morgan fingerprint density at radius 1 is 1.38 bits per heavy atom. The number of fused-ring (bicyclic) bond motifs is 1. The number of nitrogens with two attached hydrogens (primary N) is 1. The van der Waals surface area contributed by atoms with Crippen LogP contribution in [0.15, 0.2) is 18.2 Å². The fourth-order valence-corrected chi connectivity index (χ4v) is 3.53. The van der Waals surface area contributed by atoms with E-state index in [1.807, 2.05) is 22.7 Å². The van der Waals surface area contributed by atoms with Crippen LogP contribution >= 0.6 is 11.3 Å². The van der Waals surface area contributed by atoms with Crippen LogP contribution in [0.4, 0.5) is 5.69 Å². The number of anilines is 1. The zero-order chi connectivity index (χ0) is 14.4. The van der Waals surface area contributed by atoms with E-state index in [2.05, 4.69) is 22.2 Å². The quantitative estimate of drug-likeness (QED) is 0.734. The van der Waals surface area contributed by atoms with Crippen LogP contribution in [0.5, 0.6) is 0 Å². The van der Waals surface area contributed by atoms with Crippen LogP contribution in [0, 0.1) is 6.92 Å². The molecule has 1 atom stereocenters. The van der Waals surface area contributed by atoms with Crippen molar-refractivity contribution in [1.29, 1.82) is 0 Å². The van der Waals surface area contributed by atoms with Crippen molar-refractivity contribution in [1.82, 2.24) is 19.8 Å². The number of aromatic nitrogens is 4. The Morgan fingerprint density at radius 2 is 2.29 bits per heavy atom. The average molecular weight is 301 g/mol. The third-order valence-electron chi connectivity index (χ3n) is 3.80. The van der Waals surface area contributed by atoms with Crippen LogP contribution in [0.1, 0.15) is 23.7 Å². The number of benzene rings is 1. The van der Waals surface area contributed by atoms with Crippen molar-refractivity contribution in [3.05, 3.63) is 29.6 Å². The molecule has 0 spiro atoms. The molecule has 2 aromatic heterocycles. The number of aryl methyl sites for hydroxylation is 1. The van der Waals surface area contributed by atoms with E-state index in [4.69, 9.17) is 10.5 Å². The summed E-state index contributed by atoms with van der Waals surface area (Å²) in [5.74, 6) is 1.18. The lowest BCUT2D eigenvalue weighted by molar-refractivity contribution is 0.193. The molecule has 3 aromatic rings. The standard InChI is InChI=1S/C14H15N5OS/c1-8-2-3-10(15)6-11(8)13-18-19-12(9-4-5-20-7-9)16-17-14(19)21-13/h2-3,6,9H,4-5,7,15H2,1H3. The molecule has 1 saturated heterocycles. The van der Waals surface area contributed by atoms with Gasteiger partial charge in [0.25, 0.3) is 0 Å². The van der Waals surface area contributed by atoms with E-state index in [0.717, 1.165) is 45.6 Å². The first-order valence-electron chi connectivity index (χ1n) is 6.89. The van der Waals surface area contributed by atoms with E-state index in [-0.39, 0.29) is 5.92 Å². The number of nitrogen functional groups attached to an aromatic ring is 1. The highest BCUT2D eigenvalue weighted by Crippen LogP contribution is 2.31. The first kappa shape index (κ1) is 12.7. The molecule has 0 amide bonds. The Labute approximate surface area is 125 Å². The molecule has 3 heterocycles. The van der Waals surface area contributed by atoms with Gasteiger partial charge in [-0.1, -0.05) is 17.4 Å². The maximum atomic E-state index is 5.89. The summed E-state index contributed by atoms with van der Waals surface area (Å²) in [5, 5.41) is 14.1. The third kappa shape index (κ3) is 2.09. The van der Waals surface area contributed by atoms with Crippen molar-refractivity contribution >= 4 is 22.0 Å². The SMILES string of the molecule is Cc1ccc(N)cc1-c1nn2c(C3CCOC3)nnc2s1. The molecule has 2 N–H and O–H groups in total. The molecule has 1 fully saturated rings. The highest BCUT2D eigenvalue weighted by Gasteiger charge is 2.25. The van der Waals surface area contributed by atoms with E-state index in [9.17, 15) is 0 Å². The van der Waals surface area contributed by atoms with Gasteiger partial charge in [-0.25, -0.2) is 0 Å². The van der Waals surface area contributed by atoms with E-state index >= 15 is 0 Å². The van der Waals surface area contributed by atoms with Crippen LogP contribution in [-0.4, -0.2) is 33.0 Å². The van der Waals surface area contributed by atoms with Crippen molar-refractivity contribution in [3.8, 4) is 10.6 Å². The normalized spacial score (nSPS) is 18.6. The fourth-order valence-electron chi connectivity index (χ4n) is 2.60. The first-order chi connectivity index (χ1) is 10.2. The molecule has 108 valence electrons. The second-order valence-electron chi connectivity index (χ2n) is 5.29. The van der Waals surface area contributed by atoms with Crippen LogP contribution in [0.2, 0.25) is 0 Å². The number of hydrogen-bond donors (Lipinski definition) is 1. The molecule has 6 nitrogen and oxygen atoms in total. The van der Waals surface area contributed by atoms with Gasteiger partial charge in [0.15, 0.2) is 5.82 Å². The Bertz CT molecular complexity index is 803. The summed E-state index contributed by atoms with van der Waals surface area (Å²) >= 11 is 1.53. The minimum absolute atomic E-state index is 0.289. The summed E-state index contributed by atoms with van der Waals surface area (Å²) in [5.41, 5.74) is 8.84. The maximum absolute atomic E-state index is 5.89. The van der Waals surface area contributed by atoms with Crippen molar-refractivity contribution in [2.75, 3.05) is 18.9 Å². The third-order valence-corrected chi connectivity index (χ3v) is 4.73. The largest absolute Gasteiger partial charge is 0.399 e. The van der Waals surface area contributed by atoms with Crippen LogP contribution in [0.25, 0.3) is 15.5 Å². The van der Waals surface area contributed by atoms with Gasteiger partial charge in [-0.05, 0) is 31.0 Å². The number of nitrogens with zero attached hydrogens (tertiary/aromatic N) is 4. The number of ether oxygens (including phenoxy) is 1. The fraction of sp³-hybridized carbons (Fsp3) is 0.357.